The number of hydrogen-bond acceptors (Lipinski definition) is 5. The van der Waals surface area contributed by atoms with E-state index < -0.39 is 4.92 Å². The predicted molar refractivity (Wildman–Crippen MR) is 97.5 cm³/mol. The van der Waals surface area contributed by atoms with Gasteiger partial charge in [0.2, 0.25) is 5.91 Å². The lowest BCUT2D eigenvalue weighted by molar-refractivity contribution is -0.384. The van der Waals surface area contributed by atoms with Crippen LogP contribution in [0.2, 0.25) is 0 Å². The van der Waals surface area contributed by atoms with Gasteiger partial charge >= 0.3 is 0 Å². The molecule has 7 nitrogen and oxygen atoms in total. The maximum atomic E-state index is 12.0. The third kappa shape index (κ3) is 6.09. The second-order valence-electron chi connectivity index (χ2n) is 5.31. The number of hydrogen-bond donors (Lipinski definition) is 1. The molecule has 0 bridgehead atoms. The third-order valence-electron chi connectivity index (χ3n) is 3.33. The van der Waals surface area contributed by atoms with Crippen LogP contribution in [0.25, 0.3) is 6.08 Å². The number of ether oxygens (including phenoxy) is 1. The highest BCUT2D eigenvalue weighted by atomic mass is 16.6. The van der Waals surface area contributed by atoms with Crippen molar-refractivity contribution in [3.8, 4) is 11.8 Å². The molecule has 0 aliphatic carbocycles. The molecular weight excluding hydrogens is 334 g/mol. The Balaban J connectivity index is 1.90. The molecule has 7 heteroatoms. The molecule has 0 saturated heterocycles. The molecule has 2 aromatic carbocycles. The Kier molecular flexibility index (Phi) is 6.89. The van der Waals surface area contributed by atoms with Crippen LogP contribution in [0.3, 0.4) is 0 Å². The summed E-state index contributed by atoms with van der Waals surface area (Å²) in [6, 6.07) is 14.9. The van der Waals surface area contributed by atoms with E-state index in [2.05, 4.69) is 5.32 Å². The van der Waals surface area contributed by atoms with Crippen LogP contribution < -0.4 is 10.1 Å². The molecule has 0 aliphatic rings. The molecule has 0 atom stereocenters. The second kappa shape index (κ2) is 9.59. The van der Waals surface area contributed by atoms with Crippen molar-refractivity contribution < 1.29 is 14.5 Å². The Bertz CT molecular complexity index is 839. The van der Waals surface area contributed by atoms with Gasteiger partial charge in [0.25, 0.3) is 5.69 Å². The Morgan fingerprint density at radius 2 is 2.04 bits per heavy atom. The summed E-state index contributed by atoms with van der Waals surface area (Å²) in [5.41, 5.74) is 1.26. The molecule has 0 heterocycles. The minimum Gasteiger partial charge on any atom is -0.493 e. The number of nitro benzene ring substituents is 1. The van der Waals surface area contributed by atoms with E-state index in [1.54, 1.807) is 42.5 Å². The molecule has 0 aromatic heterocycles. The van der Waals surface area contributed by atoms with Gasteiger partial charge in [-0.25, -0.2) is 0 Å². The zero-order valence-corrected chi connectivity index (χ0v) is 13.9. The minimum absolute atomic E-state index is 0.00168. The van der Waals surface area contributed by atoms with Gasteiger partial charge in [-0.15, -0.1) is 0 Å². The summed E-state index contributed by atoms with van der Waals surface area (Å²) in [6.07, 6.45) is 4.00. The predicted octanol–water partition coefficient (Wildman–Crippen LogP) is 3.93. The largest absolute Gasteiger partial charge is 0.493 e. The molecule has 0 unspecified atom stereocenters. The normalized spacial score (nSPS) is 10.3. The summed E-state index contributed by atoms with van der Waals surface area (Å²) in [5.74, 6) is 0.282. The summed E-state index contributed by atoms with van der Waals surface area (Å²) >= 11 is 0. The van der Waals surface area contributed by atoms with Crippen molar-refractivity contribution in [1.29, 1.82) is 5.26 Å². The van der Waals surface area contributed by atoms with Gasteiger partial charge in [0, 0.05) is 36.4 Å². The number of nitrogens with one attached hydrogen (secondary N) is 1. The summed E-state index contributed by atoms with van der Waals surface area (Å²) in [6.45, 7) is 0.436. The zero-order chi connectivity index (χ0) is 18.8. The van der Waals surface area contributed by atoms with Gasteiger partial charge in [-0.2, -0.15) is 5.26 Å². The first kappa shape index (κ1) is 18.7. The number of nitrogens with zero attached hydrogens (tertiary/aromatic N) is 2. The lowest BCUT2D eigenvalue weighted by atomic mass is 10.2. The highest BCUT2D eigenvalue weighted by Crippen LogP contribution is 2.18. The molecule has 1 N–H and O–H groups in total. The average Bonchev–Trinajstić information content (AvgIpc) is 2.64. The van der Waals surface area contributed by atoms with Crippen LogP contribution in [0.15, 0.2) is 54.6 Å². The van der Waals surface area contributed by atoms with Crippen molar-refractivity contribution in [3.05, 3.63) is 70.3 Å². The lowest BCUT2D eigenvalue weighted by Gasteiger charge is -2.07. The molecule has 0 spiro atoms. The van der Waals surface area contributed by atoms with Crippen LogP contribution in [0, 0.1) is 21.4 Å². The number of nitriles is 1. The first-order chi connectivity index (χ1) is 12.6. The Hall–Kier alpha value is -3.66. The number of anilines is 1. The first-order valence-electron chi connectivity index (χ1n) is 7.92. The number of benzene rings is 2. The minimum atomic E-state index is -0.477. The van der Waals surface area contributed by atoms with Gasteiger partial charge in [-0.05, 0) is 42.3 Å². The van der Waals surface area contributed by atoms with Gasteiger partial charge in [0.15, 0.2) is 0 Å². The number of unbranched alkanes of at least 4 members (excludes halogenated alkanes) is 1. The van der Waals surface area contributed by atoms with Gasteiger partial charge in [-0.1, -0.05) is 6.07 Å². The second-order valence-corrected chi connectivity index (χ2v) is 5.31. The van der Waals surface area contributed by atoms with Gasteiger partial charge in [0.05, 0.1) is 17.6 Å². The fourth-order valence-electron chi connectivity index (χ4n) is 2.07. The molecule has 1 amide bonds. The van der Waals surface area contributed by atoms with Crippen molar-refractivity contribution in [2.45, 2.75) is 12.8 Å². The van der Waals surface area contributed by atoms with Crippen molar-refractivity contribution >= 4 is 23.4 Å². The molecule has 2 aromatic rings. The van der Waals surface area contributed by atoms with Crippen LogP contribution in [0.5, 0.6) is 5.75 Å². The number of carbonyl (C=O) groups is 1. The SMILES string of the molecule is N#CCCCOc1cccc(NC(=O)C=Cc2ccc([N+](=O)[O-])cc2)c1. The third-order valence-corrected chi connectivity index (χ3v) is 3.33. The van der Waals surface area contributed by atoms with E-state index in [1.807, 2.05) is 6.07 Å². The van der Waals surface area contributed by atoms with Crippen molar-refractivity contribution in [1.82, 2.24) is 0 Å². The average molecular weight is 351 g/mol. The van der Waals surface area contributed by atoms with Crippen LogP contribution in [0.1, 0.15) is 18.4 Å². The molecule has 0 aliphatic heterocycles. The van der Waals surface area contributed by atoms with Crippen LogP contribution in [0.4, 0.5) is 11.4 Å². The summed E-state index contributed by atoms with van der Waals surface area (Å²) in [7, 11) is 0. The fourth-order valence-corrected chi connectivity index (χ4v) is 2.07. The number of non-ortho nitro benzene ring substituents is 1. The number of nitro groups is 1. The van der Waals surface area contributed by atoms with Gasteiger partial charge in [0.1, 0.15) is 5.75 Å². The van der Waals surface area contributed by atoms with Crippen LogP contribution in [-0.4, -0.2) is 17.4 Å². The Morgan fingerprint density at radius 3 is 2.73 bits per heavy atom. The highest BCUT2D eigenvalue weighted by Gasteiger charge is 2.03. The van der Waals surface area contributed by atoms with E-state index in [1.165, 1.54) is 18.2 Å². The van der Waals surface area contributed by atoms with Gasteiger partial charge < -0.3 is 10.1 Å². The quantitative estimate of drug-likeness (QED) is 0.336. The van der Waals surface area contributed by atoms with E-state index in [-0.39, 0.29) is 11.6 Å². The van der Waals surface area contributed by atoms with E-state index in [4.69, 9.17) is 10.00 Å². The molecule has 0 saturated carbocycles. The van der Waals surface area contributed by atoms with Crippen LogP contribution in [-0.2, 0) is 4.79 Å². The Labute approximate surface area is 150 Å². The molecule has 26 heavy (non-hydrogen) atoms. The highest BCUT2D eigenvalue weighted by molar-refractivity contribution is 6.02. The summed E-state index contributed by atoms with van der Waals surface area (Å²) in [5, 5.41) is 21.8. The number of amides is 1. The molecule has 0 radical (unpaired) electrons. The van der Waals surface area contributed by atoms with Crippen molar-refractivity contribution in [2.24, 2.45) is 0 Å². The van der Waals surface area contributed by atoms with Gasteiger partial charge in [-0.3, -0.25) is 14.9 Å². The summed E-state index contributed by atoms with van der Waals surface area (Å²) < 4.78 is 5.51. The van der Waals surface area contributed by atoms with E-state index >= 15 is 0 Å². The molecule has 132 valence electrons. The maximum absolute atomic E-state index is 12.0. The van der Waals surface area contributed by atoms with Crippen molar-refractivity contribution in [3.63, 3.8) is 0 Å². The Morgan fingerprint density at radius 1 is 1.27 bits per heavy atom. The number of carbonyl (C=O) groups excluding carboxylic acids is 1. The summed E-state index contributed by atoms with van der Waals surface area (Å²) in [4.78, 5) is 22.1. The molecule has 2 rings (SSSR count). The number of rotatable bonds is 8. The molecular formula is C19H17N3O4. The topological polar surface area (TPSA) is 105 Å². The lowest BCUT2D eigenvalue weighted by Crippen LogP contribution is -2.08. The van der Waals surface area contributed by atoms with E-state index in [9.17, 15) is 14.9 Å². The maximum Gasteiger partial charge on any atom is 0.269 e. The standard InChI is InChI=1S/C19H17N3O4/c20-12-1-2-13-26-18-5-3-4-16(14-18)21-19(23)11-8-15-6-9-17(10-7-15)22(24)25/h3-11,14H,1-2,13H2,(H,21,23). The first-order valence-corrected chi connectivity index (χ1v) is 7.92. The monoisotopic (exact) mass is 351 g/mol. The van der Waals surface area contributed by atoms with E-state index in [0.717, 1.165) is 0 Å². The fraction of sp³-hybridized carbons (Fsp3) is 0.158. The van der Waals surface area contributed by atoms with Crippen molar-refractivity contribution in [2.75, 3.05) is 11.9 Å². The van der Waals surface area contributed by atoms with E-state index in [0.29, 0.717) is 36.4 Å². The zero-order valence-electron chi connectivity index (χ0n) is 13.9. The smallest absolute Gasteiger partial charge is 0.269 e. The van der Waals surface area contributed by atoms with Crippen LogP contribution >= 0.6 is 0 Å². The molecule has 0 fully saturated rings.